The second-order valence-electron chi connectivity index (χ2n) is 13.7. The van der Waals surface area contributed by atoms with Crippen molar-refractivity contribution in [2.75, 3.05) is 6.54 Å². The Balaban J connectivity index is 0.954. The summed E-state index contributed by atoms with van der Waals surface area (Å²) >= 11 is 0. The van der Waals surface area contributed by atoms with Gasteiger partial charge >= 0.3 is 5.69 Å². The molecule has 12 heteroatoms. The SMILES string of the molecule is Cn1c(=O)n(C)c2cc(C3=CC(C)(C)Oc4cc(-c5ccc(C(=O)NCC#Cc6cc7c(C8CCC(=O)NC8=O)cccc7o6)nc5)ncc43)ccc21. The van der Waals surface area contributed by atoms with Crippen LogP contribution in [0.4, 0.5) is 0 Å². The summed E-state index contributed by atoms with van der Waals surface area (Å²) in [4.78, 5) is 58.6. The number of aromatic nitrogens is 4. The minimum Gasteiger partial charge on any atom is -0.483 e. The maximum Gasteiger partial charge on any atom is 0.328 e. The quantitative estimate of drug-likeness (QED) is 0.188. The summed E-state index contributed by atoms with van der Waals surface area (Å²) in [5, 5.41) is 5.93. The van der Waals surface area contributed by atoms with Crippen LogP contribution in [0, 0.1) is 11.8 Å². The van der Waals surface area contributed by atoms with Crippen LogP contribution in [0.25, 0.3) is 38.8 Å². The highest BCUT2D eigenvalue weighted by Crippen LogP contribution is 2.41. The molecule has 6 heterocycles. The molecular formula is C41H34N6O6. The highest BCUT2D eigenvalue weighted by atomic mass is 16.5. The lowest BCUT2D eigenvalue weighted by Crippen LogP contribution is -2.39. The zero-order valence-electron chi connectivity index (χ0n) is 29.4. The van der Waals surface area contributed by atoms with Crippen molar-refractivity contribution < 1.29 is 23.5 Å². The van der Waals surface area contributed by atoms with E-state index in [1.807, 2.05) is 50.2 Å². The fourth-order valence-electron chi connectivity index (χ4n) is 7.00. The summed E-state index contributed by atoms with van der Waals surface area (Å²) in [5.74, 6) is 5.49. The van der Waals surface area contributed by atoms with Gasteiger partial charge in [0.1, 0.15) is 22.6 Å². The van der Waals surface area contributed by atoms with E-state index in [0.29, 0.717) is 34.8 Å². The Morgan fingerprint density at radius 3 is 2.58 bits per heavy atom. The molecule has 12 nitrogen and oxygen atoms in total. The number of nitrogens with zero attached hydrogens (tertiary/aromatic N) is 4. The van der Waals surface area contributed by atoms with Crippen molar-refractivity contribution in [1.82, 2.24) is 29.7 Å². The van der Waals surface area contributed by atoms with Gasteiger partial charge in [-0.15, -0.1) is 0 Å². The van der Waals surface area contributed by atoms with Gasteiger partial charge in [-0.1, -0.05) is 24.1 Å². The molecule has 0 aliphatic carbocycles. The maximum absolute atomic E-state index is 12.9. The van der Waals surface area contributed by atoms with Crippen LogP contribution in [0.2, 0.25) is 0 Å². The first kappa shape index (κ1) is 33.4. The topological polar surface area (TPSA) is 150 Å². The number of carbonyl (C=O) groups is 3. The summed E-state index contributed by atoms with van der Waals surface area (Å²) in [5.41, 5.74) is 6.68. The van der Waals surface area contributed by atoms with E-state index in [0.717, 1.165) is 38.7 Å². The lowest BCUT2D eigenvalue weighted by molar-refractivity contribution is -0.134. The van der Waals surface area contributed by atoms with Gasteiger partial charge < -0.3 is 14.5 Å². The van der Waals surface area contributed by atoms with Crippen LogP contribution < -0.4 is 21.1 Å². The number of benzene rings is 2. The molecular weight excluding hydrogens is 672 g/mol. The highest BCUT2D eigenvalue weighted by Gasteiger charge is 2.30. The molecule has 6 aromatic rings. The van der Waals surface area contributed by atoms with Crippen LogP contribution in [0.15, 0.2) is 88.3 Å². The number of aryl methyl sites for hydroxylation is 2. The second-order valence-corrected chi connectivity index (χ2v) is 13.7. The number of carbonyl (C=O) groups excluding carboxylic acids is 3. The molecule has 0 radical (unpaired) electrons. The molecule has 1 fully saturated rings. The number of imidazole rings is 1. The minimum absolute atomic E-state index is 0.0577. The summed E-state index contributed by atoms with van der Waals surface area (Å²) in [6, 6.07) is 18.5. The van der Waals surface area contributed by atoms with Crippen molar-refractivity contribution in [2.24, 2.45) is 14.1 Å². The lowest BCUT2D eigenvalue weighted by atomic mass is 9.88. The maximum atomic E-state index is 12.9. The molecule has 8 rings (SSSR count). The second kappa shape index (κ2) is 12.8. The van der Waals surface area contributed by atoms with Gasteiger partial charge in [0, 0.05) is 61.6 Å². The third-order valence-corrected chi connectivity index (χ3v) is 9.65. The third kappa shape index (κ3) is 6.16. The first-order chi connectivity index (χ1) is 25.5. The number of pyridine rings is 2. The number of furan rings is 1. The zero-order chi connectivity index (χ0) is 37.0. The first-order valence-corrected chi connectivity index (χ1v) is 17.1. The van der Waals surface area contributed by atoms with Crippen molar-refractivity contribution in [2.45, 2.75) is 38.2 Å². The van der Waals surface area contributed by atoms with E-state index in [1.54, 1.807) is 59.9 Å². The molecule has 0 bridgehead atoms. The average Bonchev–Trinajstić information content (AvgIpc) is 3.66. The Morgan fingerprint density at radius 1 is 0.981 bits per heavy atom. The van der Waals surface area contributed by atoms with Gasteiger partial charge in [-0.05, 0) is 79.3 Å². The molecule has 53 heavy (non-hydrogen) atoms. The van der Waals surface area contributed by atoms with Gasteiger partial charge in [0.15, 0.2) is 5.76 Å². The molecule has 1 unspecified atom stereocenters. The van der Waals surface area contributed by atoms with E-state index >= 15 is 0 Å². The van der Waals surface area contributed by atoms with E-state index in [4.69, 9.17) is 14.1 Å². The molecule has 2 aromatic carbocycles. The standard InChI is InChI=1S/C41H34N6O6/c1-41(2)20-29(23-11-14-33-34(17-23)47(4)40(51)46(33)3)30-22-44-32(19-36(30)53-41)24-10-13-31(43-21-24)39(50)42-16-6-7-25-18-28-26(8-5-9-35(28)52-25)27-12-15-37(48)45-38(27)49/h5,8-11,13-14,17-22,27H,12,15-16H2,1-4H3,(H,42,50)(H,45,48,49). The summed E-state index contributed by atoms with van der Waals surface area (Å²) in [6.45, 7) is 4.04. The van der Waals surface area contributed by atoms with E-state index in [2.05, 4.69) is 33.5 Å². The Morgan fingerprint density at radius 2 is 1.79 bits per heavy atom. The largest absolute Gasteiger partial charge is 0.483 e. The predicted molar refractivity (Wildman–Crippen MR) is 198 cm³/mol. The zero-order valence-corrected chi connectivity index (χ0v) is 29.4. The van der Waals surface area contributed by atoms with Gasteiger partial charge in [0.2, 0.25) is 11.8 Å². The number of hydrogen-bond acceptors (Lipinski definition) is 8. The van der Waals surface area contributed by atoms with Gasteiger partial charge in [-0.25, -0.2) is 4.79 Å². The van der Waals surface area contributed by atoms with Crippen LogP contribution in [0.5, 0.6) is 5.75 Å². The number of ether oxygens (including phenoxy) is 1. The minimum atomic E-state index is -0.606. The fourth-order valence-corrected chi connectivity index (χ4v) is 7.00. The Bertz CT molecular complexity index is 2670. The number of fused-ring (bicyclic) bond motifs is 3. The van der Waals surface area contributed by atoms with Crippen molar-refractivity contribution in [3.05, 3.63) is 118 Å². The van der Waals surface area contributed by atoms with E-state index < -0.39 is 11.5 Å². The average molecular weight is 707 g/mol. The summed E-state index contributed by atoms with van der Waals surface area (Å²) in [7, 11) is 3.53. The van der Waals surface area contributed by atoms with Gasteiger partial charge in [0.05, 0.1) is 29.2 Å². The van der Waals surface area contributed by atoms with Crippen molar-refractivity contribution in [3.63, 3.8) is 0 Å². The first-order valence-electron chi connectivity index (χ1n) is 17.1. The van der Waals surface area contributed by atoms with Crippen LogP contribution in [0.3, 0.4) is 0 Å². The van der Waals surface area contributed by atoms with E-state index in [-0.39, 0.29) is 42.1 Å². The molecule has 0 saturated carbocycles. The Hall–Kier alpha value is -6.74. The number of amides is 3. The van der Waals surface area contributed by atoms with Crippen molar-refractivity contribution in [3.8, 4) is 28.8 Å². The molecule has 4 aromatic heterocycles. The van der Waals surface area contributed by atoms with E-state index in [9.17, 15) is 19.2 Å². The molecule has 2 aliphatic heterocycles. The number of imide groups is 1. The van der Waals surface area contributed by atoms with Gasteiger partial charge in [0.25, 0.3) is 5.91 Å². The van der Waals surface area contributed by atoms with E-state index in [1.165, 1.54) is 0 Å². The molecule has 3 amide bonds. The number of nitrogens with one attached hydrogen (secondary N) is 2. The number of piperidine rings is 1. The normalized spacial score (nSPS) is 16.3. The van der Waals surface area contributed by atoms with Gasteiger partial charge in [-0.3, -0.25) is 38.8 Å². The molecule has 0 spiro atoms. The third-order valence-electron chi connectivity index (χ3n) is 9.65. The van der Waals surface area contributed by atoms with Crippen molar-refractivity contribution >= 4 is 45.3 Å². The number of rotatable bonds is 5. The monoisotopic (exact) mass is 706 g/mol. The Kier molecular flexibility index (Phi) is 8.06. The number of hydrogen-bond donors (Lipinski definition) is 2. The van der Waals surface area contributed by atoms with Crippen molar-refractivity contribution in [1.29, 1.82) is 0 Å². The molecule has 1 atom stereocenters. The predicted octanol–water partition coefficient (Wildman–Crippen LogP) is 4.98. The molecule has 2 aliphatic rings. The molecule has 264 valence electrons. The molecule has 1 saturated heterocycles. The van der Waals surface area contributed by atoms with Crippen LogP contribution in [-0.2, 0) is 23.7 Å². The van der Waals surface area contributed by atoms with Gasteiger partial charge in [-0.2, -0.15) is 0 Å². The highest BCUT2D eigenvalue weighted by molar-refractivity contribution is 6.03. The summed E-state index contributed by atoms with van der Waals surface area (Å²) < 4.78 is 15.5. The lowest BCUT2D eigenvalue weighted by Gasteiger charge is -2.31. The van der Waals surface area contributed by atoms with Crippen LogP contribution >= 0.6 is 0 Å². The summed E-state index contributed by atoms with van der Waals surface area (Å²) in [6.07, 6.45) is 6.15. The fraction of sp³-hybridized carbons (Fsp3) is 0.220. The smallest absolute Gasteiger partial charge is 0.328 e. The van der Waals surface area contributed by atoms with Crippen LogP contribution in [0.1, 0.15) is 65.5 Å². The van der Waals surface area contributed by atoms with Crippen LogP contribution in [-0.4, -0.2) is 49.0 Å². The Labute approximate surface area is 303 Å². The molecule has 2 N–H and O–H groups in total.